The summed E-state index contributed by atoms with van der Waals surface area (Å²) in [4.78, 5) is 16.6. The van der Waals surface area contributed by atoms with Crippen molar-refractivity contribution in [2.24, 2.45) is 4.99 Å². The molecule has 0 aliphatic carbocycles. The van der Waals surface area contributed by atoms with Gasteiger partial charge in [-0.1, -0.05) is 45.7 Å². The van der Waals surface area contributed by atoms with Gasteiger partial charge in [-0.2, -0.15) is 0 Å². The Hall–Kier alpha value is -1.93. The summed E-state index contributed by atoms with van der Waals surface area (Å²) in [5.74, 6) is 0.426. The van der Waals surface area contributed by atoms with Crippen LogP contribution in [-0.2, 0) is 16.1 Å². The van der Waals surface area contributed by atoms with Crippen molar-refractivity contribution in [3.05, 3.63) is 101 Å². The van der Waals surface area contributed by atoms with Gasteiger partial charge in [0.2, 0.25) is 5.90 Å². The SMILES string of the molecule is O=C1OC(c2cccc(Br)c2)=N/C1=C\c1cc(Br)c(OCc2cccc(Cl)c2)c(Br)c1. The molecule has 1 aliphatic heterocycles. The number of hydrogen-bond acceptors (Lipinski definition) is 4. The first-order valence-corrected chi connectivity index (χ1v) is 11.8. The van der Waals surface area contributed by atoms with Gasteiger partial charge in [0.05, 0.1) is 8.95 Å². The molecule has 0 unspecified atom stereocenters. The Morgan fingerprint density at radius 1 is 1.00 bits per heavy atom. The second-order valence-electron chi connectivity index (χ2n) is 6.58. The number of aliphatic imine (C=N–C) groups is 1. The van der Waals surface area contributed by atoms with Gasteiger partial charge < -0.3 is 9.47 Å². The maximum absolute atomic E-state index is 12.3. The molecule has 0 fully saturated rings. The van der Waals surface area contributed by atoms with Crippen molar-refractivity contribution in [3.63, 3.8) is 0 Å². The predicted octanol–water partition coefficient (Wildman–Crippen LogP) is 7.55. The second-order valence-corrected chi connectivity index (χ2v) is 9.64. The van der Waals surface area contributed by atoms with Gasteiger partial charge in [-0.25, -0.2) is 9.79 Å². The molecule has 156 valence electrons. The Labute approximate surface area is 209 Å². The molecule has 0 bridgehead atoms. The van der Waals surface area contributed by atoms with Gasteiger partial charge in [-0.05, 0) is 91.5 Å². The number of esters is 1. The van der Waals surface area contributed by atoms with Crippen LogP contribution in [-0.4, -0.2) is 11.9 Å². The molecule has 0 aromatic heterocycles. The summed E-state index contributed by atoms with van der Waals surface area (Å²) in [5.41, 5.74) is 2.67. The van der Waals surface area contributed by atoms with Crippen molar-refractivity contribution in [2.45, 2.75) is 6.61 Å². The highest BCUT2D eigenvalue weighted by molar-refractivity contribution is 9.11. The van der Waals surface area contributed by atoms with E-state index in [-0.39, 0.29) is 11.6 Å². The van der Waals surface area contributed by atoms with Gasteiger partial charge in [-0.3, -0.25) is 0 Å². The van der Waals surface area contributed by atoms with Crippen LogP contribution >= 0.6 is 59.4 Å². The largest absolute Gasteiger partial charge is 0.487 e. The van der Waals surface area contributed by atoms with E-state index < -0.39 is 5.97 Å². The van der Waals surface area contributed by atoms with Crippen LogP contribution in [0.4, 0.5) is 0 Å². The number of nitrogens with zero attached hydrogens (tertiary/aromatic N) is 1. The van der Waals surface area contributed by atoms with E-state index in [0.717, 1.165) is 30.1 Å². The molecule has 1 heterocycles. The van der Waals surface area contributed by atoms with Crippen LogP contribution in [0.5, 0.6) is 5.75 Å². The minimum Gasteiger partial charge on any atom is -0.487 e. The van der Waals surface area contributed by atoms with Crippen LogP contribution in [0.25, 0.3) is 6.08 Å². The molecule has 3 aromatic rings. The number of halogens is 4. The molecular formula is C23H13Br3ClNO3. The van der Waals surface area contributed by atoms with Gasteiger partial charge in [0.25, 0.3) is 0 Å². The number of benzene rings is 3. The zero-order valence-corrected chi connectivity index (χ0v) is 21.3. The Balaban J connectivity index is 1.56. The lowest BCUT2D eigenvalue weighted by Crippen LogP contribution is -2.05. The third kappa shape index (κ3) is 5.47. The maximum atomic E-state index is 12.3. The smallest absolute Gasteiger partial charge is 0.363 e. The molecule has 0 amide bonds. The molecule has 4 nitrogen and oxygen atoms in total. The number of cyclic esters (lactones) is 1. The fraction of sp³-hybridized carbons (Fsp3) is 0.0435. The molecular weight excluding hydrogens is 613 g/mol. The minimum absolute atomic E-state index is 0.223. The number of carbonyl (C=O) groups is 1. The van der Waals surface area contributed by atoms with Gasteiger partial charge in [0, 0.05) is 15.1 Å². The molecule has 1 aliphatic rings. The fourth-order valence-corrected chi connectivity index (χ4v) is 4.96. The summed E-state index contributed by atoms with van der Waals surface area (Å²) in [5, 5.41) is 0.660. The highest BCUT2D eigenvalue weighted by Crippen LogP contribution is 2.36. The maximum Gasteiger partial charge on any atom is 0.363 e. The topological polar surface area (TPSA) is 47.9 Å². The van der Waals surface area contributed by atoms with E-state index in [1.165, 1.54) is 0 Å². The third-order valence-electron chi connectivity index (χ3n) is 4.29. The van der Waals surface area contributed by atoms with Crippen LogP contribution in [0.1, 0.15) is 16.7 Å². The number of hydrogen-bond donors (Lipinski definition) is 0. The van der Waals surface area contributed by atoms with Crippen molar-refractivity contribution in [1.82, 2.24) is 0 Å². The first-order chi connectivity index (χ1) is 14.9. The van der Waals surface area contributed by atoms with Crippen molar-refractivity contribution in [3.8, 4) is 5.75 Å². The standard InChI is InChI=1S/C23H13Br3ClNO3/c24-16-5-2-4-15(11-16)22-28-20(23(29)31-22)10-14-8-18(25)21(19(26)9-14)30-12-13-3-1-6-17(27)7-13/h1-11H,12H2/b20-10-. The van der Waals surface area contributed by atoms with E-state index in [0.29, 0.717) is 17.4 Å². The van der Waals surface area contributed by atoms with E-state index in [9.17, 15) is 4.79 Å². The number of rotatable bonds is 5. The van der Waals surface area contributed by atoms with Crippen LogP contribution < -0.4 is 4.74 Å². The molecule has 0 atom stereocenters. The zero-order valence-electron chi connectivity index (χ0n) is 15.7. The van der Waals surface area contributed by atoms with Gasteiger partial charge in [0.15, 0.2) is 5.70 Å². The summed E-state index contributed by atoms with van der Waals surface area (Å²) in [7, 11) is 0. The molecule has 8 heteroatoms. The molecule has 0 radical (unpaired) electrons. The van der Waals surface area contributed by atoms with Crippen LogP contribution in [0.2, 0.25) is 5.02 Å². The van der Waals surface area contributed by atoms with Crippen LogP contribution in [0.3, 0.4) is 0 Å². The summed E-state index contributed by atoms with van der Waals surface area (Å²) < 4.78 is 13.6. The van der Waals surface area contributed by atoms with Crippen LogP contribution in [0.15, 0.2) is 84.8 Å². The average Bonchev–Trinajstić information content (AvgIpc) is 3.08. The molecule has 3 aromatic carbocycles. The van der Waals surface area contributed by atoms with Crippen molar-refractivity contribution >= 4 is 77.3 Å². The van der Waals surface area contributed by atoms with Gasteiger partial charge in [-0.15, -0.1) is 0 Å². The lowest BCUT2D eigenvalue weighted by molar-refractivity contribution is -0.129. The number of ether oxygens (including phenoxy) is 2. The Kier molecular flexibility index (Phi) is 6.96. The zero-order chi connectivity index (χ0) is 22.0. The normalized spacial score (nSPS) is 14.5. The monoisotopic (exact) mass is 623 g/mol. The highest BCUT2D eigenvalue weighted by atomic mass is 79.9. The van der Waals surface area contributed by atoms with Crippen LogP contribution in [0, 0.1) is 0 Å². The van der Waals surface area contributed by atoms with E-state index in [1.807, 2.05) is 60.7 Å². The van der Waals surface area contributed by atoms with Crippen molar-refractivity contribution in [2.75, 3.05) is 0 Å². The van der Waals surface area contributed by atoms with Crippen molar-refractivity contribution < 1.29 is 14.3 Å². The molecule has 0 saturated heterocycles. The first kappa shape index (κ1) is 22.3. The predicted molar refractivity (Wildman–Crippen MR) is 132 cm³/mol. The quantitative estimate of drug-likeness (QED) is 0.217. The molecule has 0 N–H and O–H groups in total. The van der Waals surface area contributed by atoms with E-state index in [2.05, 4.69) is 52.8 Å². The van der Waals surface area contributed by atoms with Gasteiger partial charge in [0.1, 0.15) is 12.4 Å². The lowest BCUT2D eigenvalue weighted by Gasteiger charge is -2.11. The third-order valence-corrected chi connectivity index (χ3v) is 6.19. The Bertz CT molecular complexity index is 1220. The highest BCUT2D eigenvalue weighted by Gasteiger charge is 2.24. The average molecular weight is 627 g/mol. The van der Waals surface area contributed by atoms with E-state index in [1.54, 1.807) is 6.08 Å². The summed E-state index contributed by atoms with van der Waals surface area (Å²) in [6, 6.07) is 18.6. The lowest BCUT2D eigenvalue weighted by atomic mass is 10.2. The first-order valence-electron chi connectivity index (χ1n) is 9.04. The van der Waals surface area contributed by atoms with E-state index in [4.69, 9.17) is 21.1 Å². The molecule has 0 saturated carbocycles. The summed E-state index contributed by atoms with van der Waals surface area (Å²) in [6.07, 6.45) is 1.67. The number of carbonyl (C=O) groups excluding carboxylic acids is 1. The summed E-state index contributed by atoms with van der Waals surface area (Å²) >= 11 is 16.5. The fourth-order valence-electron chi connectivity index (χ4n) is 2.89. The van der Waals surface area contributed by atoms with E-state index >= 15 is 0 Å². The Morgan fingerprint density at radius 3 is 2.45 bits per heavy atom. The molecule has 31 heavy (non-hydrogen) atoms. The molecule has 4 rings (SSSR count). The minimum atomic E-state index is -0.497. The van der Waals surface area contributed by atoms with Gasteiger partial charge >= 0.3 is 5.97 Å². The second kappa shape index (κ2) is 9.69. The Morgan fingerprint density at radius 2 is 1.74 bits per heavy atom. The summed E-state index contributed by atoms with van der Waals surface area (Å²) in [6.45, 7) is 0.366. The van der Waals surface area contributed by atoms with Crippen molar-refractivity contribution in [1.29, 1.82) is 0 Å². The molecule has 0 spiro atoms.